The second-order valence-corrected chi connectivity index (χ2v) is 25.1. The molecule has 3 atom stereocenters. The lowest BCUT2D eigenvalue weighted by Crippen LogP contribution is -2.57. The summed E-state index contributed by atoms with van der Waals surface area (Å²) in [7, 11) is -2.15. The first-order valence-corrected chi connectivity index (χ1v) is 29.0. The third kappa shape index (κ3) is 14.3. The molecule has 3 fully saturated rings. The number of nitrogens with zero attached hydrogens (tertiary/aromatic N) is 9. The second-order valence-electron chi connectivity index (χ2n) is 21.5. The molecule has 3 aliphatic heterocycles. The average Bonchev–Trinajstić information content (AvgIpc) is 4.24. The number of carbonyl (C=O) groups excluding carboxylic acids is 4. The van der Waals surface area contributed by atoms with E-state index in [2.05, 4.69) is 56.0 Å². The molecule has 4 N–H and O–H groups in total. The van der Waals surface area contributed by atoms with Crippen molar-refractivity contribution in [3.05, 3.63) is 99.4 Å². The minimum Gasteiger partial charge on any atom is -0.492 e. The number of nitrogens with one attached hydrogen (secondary N) is 4. The van der Waals surface area contributed by atoms with E-state index < -0.39 is 32.5 Å². The van der Waals surface area contributed by atoms with Crippen LogP contribution < -0.4 is 25.6 Å². The van der Waals surface area contributed by atoms with E-state index >= 15 is 0 Å². The number of likely N-dealkylation sites (N-methyl/N-ethyl adjacent to an activating group) is 1. The van der Waals surface area contributed by atoms with E-state index in [1.807, 2.05) is 13.8 Å². The third-order valence-corrected chi connectivity index (χ3v) is 18.9. The number of rotatable bonds is 18. The maximum atomic E-state index is 14.6. The van der Waals surface area contributed by atoms with Crippen molar-refractivity contribution in [2.45, 2.75) is 121 Å². The summed E-state index contributed by atoms with van der Waals surface area (Å²) >= 11 is 1.30. The van der Waals surface area contributed by atoms with Crippen molar-refractivity contribution in [3.63, 3.8) is 0 Å². The largest absolute Gasteiger partial charge is 0.492 e. The number of sulfone groups is 1. The highest BCUT2D eigenvalue weighted by molar-refractivity contribution is 7.92. The zero-order valence-corrected chi connectivity index (χ0v) is 51.3. The monoisotopic (exact) mass is 1210 g/mol. The summed E-state index contributed by atoms with van der Waals surface area (Å²) in [6, 6.07) is 6.82. The van der Waals surface area contributed by atoms with Gasteiger partial charge in [0.1, 0.15) is 45.4 Å². The Morgan fingerprint density at radius 1 is 0.889 bits per heavy atom. The van der Waals surface area contributed by atoms with Crippen LogP contribution in [-0.2, 0) is 19.4 Å². The number of carbonyl (C=O) groups is 4. The number of aromatic amines is 1. The molecule has 20 nitrogen and oxygen atoms in total. The van der Waals surface area contributed by atoms with Gasteiger partial charge in [0.2, 0.25) is 23.5 Å². The number of hydrogen-bond acceptors (Lipinski definition) is 17. The van der Waals surface area contributed by atoms with Crippen LogP contribution in [0.25, 0.3) is 10.9 Å². The van der Waals surface area contributed by atoms with Gasteiger partial charge < -0.3 is 35.4 Å². The van der Waals surface area contributed by atoms with Crippen LogP contribution in [0.3, 0.4) is 0 Å². The van der Waals surface area contributed by atoms with Gasteiger partial charge in [-0.2, -0.15) is 45.6 Å². The van der Waals surface area contributed by atoms with Gasteiger partial charge in [-0.3, -0.25) is 24.3 Å². The molecule has 2 aromatic carbocycles. The van der Waals surface area contributed by atoms with Crippen LogP contribution in [0.4, 0.5) is 22.0 Å². The number of piperidine rings is 2. The minimum atomic E-state index is -3.83. The smallest absolute Gasteiger partial charge is 0.256 e. The van der Waals surface area contributed by atoms with Crippen LogP contribution in [0.1, 0.15) is 128 Å². The summed E-state index contributed by atoms with van der Waals surface area (Å²) in [5.41, 5.74) is 3.28. The van der Waals surface area contributed by atoms with Crippen molar-refractivity contribution in [2.75, 3.05) is 56.6 Å². The third-order valence-electron chi connectivity index (χ3n) is 15.5. The lowest BCUT2D eigenvalue weighted by Gasteiger charge is -2.38. The van der Waals surface area contributed by atoms with E-state index in [-0.39, 0.29) is 92.3 Å². The van der Waals surface area contributed by atoms with Crippen molar-refractivity contribution >= 4 is 114 Å². The number of hydrogen-bond donors (Lipinski definition) is 4. The molecule has 26 heteroatoms. The number of aromatic nitrogens is 7. The summed E-state index contributed by atoms with van der Waals surface area (Å²) in [5, 5.41) is 19.3. The number of anilines is 3. The van der Waals surface area contributed by atoms with E-state index in [9.17, 15) is 32.0 Å². The van der Waals surface area contributed by atoms with Crippen molar-refractivity contribution in [2.24, 2.45) is 11.8 Å². The number of halogens is 1. The first-order chi connectivity index (χ1) is 37.3. The van der Waals surface area contributed by atoms with Crippen molar-refractivity contribution in [1.29, 1.82) is 0 Å². The summed E-state index contributed by atoms with van der Waals surface area (Å²) in [6.07, 6.45) is 10.3. The van der Waals surface area contributed by atoms with E-state index in [0.29, 0.717) is 96.0 Å². The predicted octanol–water partition coefficient (Wildman–Crippen LogP) is 7.62. The van der Waals surface area contributed by atoms with Crippen LogP contribution in [0.2, 0.25) is 0 Å². The summed E-state index contributed by atoms with van der Waals surface area (Å²) in [6.45, 7) is 13.6. The number of ketones is 1. The highest BCUT2D eigenvalue weighted by Crippen LogP contribution is 2.39. The molecule has 0 spiro atoms. The van der Waals surface area contributed by atoms with Gasteiger partial charge in [-0.1, -0.05) is 0 Å². The van der Waals surface area contributed by atoms with Crippen LogP contribution in [0, 0.1) is 31.5 Å². The average molecular weight is 1210 g/mol. The molecule has 9 rings (SSSR count). The molecule has 81 heavy (non-hydrogen) atoms. The fraction of sp³-hybridized carbons (Fsp3) is 0.491. The van der Waals surface area contributed by atoms with Gasteiger partial charge in [-0.25, -0.2) is 37.7 Å². The Labute approximate surface area is 497 Å². The first-order valence-electron chi connectivity index (χ1n) is 26.7. The van der Waals surface area contributed by atoms with Crippen molar-refractivity contribution in [1.82, 2.24) is 55.6 Å². The number of amides is 3. The molecule has 0 saturated carbocycles. The Bertz CT molecular complexity index is 3270. The molecule has 0 radical (unpaired) electrons. The fourth-order valence-electron chi connectivity index (χ4n) is 10.3. The first kappa shape index (κ1) is 64.2. The Kier molecular flexibility index (Phi) is 21.8. The second kappa shape index (κ2) is 27.4. The maximum absolute atomic E-state index is 14.6. The van der Waals surface area contributed by atoms with Crippen LogP contribution in [-0.4, -0.2) is 140 Å². The zero-order valence-electron chi connectivity index (χ0n) is 46.6. The van der Waals surface area contributed by atoms with Crippen LogP contribution >= 0.6 is 51.8 Å². The van der Waals surface area contributed by atoms with Gasteiger partial charge in [-0.05, 0) is 142 Å². The standard InChI is InChI=1S/C55H68FN13O7S2.3H2S/c1-32-33(2)65-66-48(32)64-49-40-26-45(78(74,75)55(4,5)6)44(27-41(40)60-31-61-49)76-25-9-10-35-16-21-68(22-17-35)54-58-28-38(29-59-54)52(72)67-23-18-36(19-24-67)46(63-50(71)34(3)57-7)53(73)69-20-8-11-43(69)51-62-42(30-77-51)47(70)37-12-14-39(56)15-13-37;;;/h12-15,26-31,34-36,43,46,57H,8-11,16-25H2,1-7H3,(H,63,71)(H2,60,61,64,65,66);3*1H2/t34-,43-,46-;;;/m0.../s1. The number of H-pyrrole nitrogens is 1. The molecule has 0 bridgehead atoms. The molecule has 0 aliphatic carbocycles. The van der Waals surface area contributed by atoms with Gasteiger partial charge in [0, 0.05) is 78.8 Å². The van der Waals surface area contributed by atoms with Gasteiger partial charge in [0.25, 0.3) is 5.91 Å². The minimum absolute atomic E-state index is 0. The Morgan fingerprint density at radius 3 is 2.22 bits per heavy atom. The molecule has 6 aromatic rings. The number of likely N-dealkylation sites (tertiary alicyclic amines) is 2. The quantitative estimate of drug-likeness (QED) is 0.0477. The Balaban J connectivity index is 0.00000352. The van der Waals surface area contributed by atoms with E-state index in [1.165, 1.54) is 41.9 Å². The number of ether oxygens (including phenoxy) is 1. The lowest BCUT2D eigenvalue weighted by atomic mass is 9.87. The topological polar surface area (TPSA) is 251 Å². The molecule has 438 valence electrons. The molecule has 3 amide bonds. The number of aryl methyl sites for hydroxylation is 1. The number of thiazole rings is 1. The molecule has 4 aromatic heterocycles. The van der Waals surface area contributed by atoms with E-state index in [4.69, 9.17) is 4.74 Å². The van der Waals surface area contributed by atoms with Crippen molar-refractivity contribution in [3.8, 4) is 5.75 Å². The van der Waals surface area contributed by atoms with Gasteiger partial charge in [0.05, 0.1) is 34.5 Å². The van der Waals surface area contributed by atoms with Crippen LogP contribution in [0.5, 0.6) is 5.75 Å². The summed E-state index contributed by atoms with van der Waals surface area (Å²) < 4.78 is 46.7. The highest BCUT2D eigenvalue weighted by Gasteiger charge is 2.42. The molecule has 0 unspecified atom stereocenters. The van der Waals surface area contributed by atoms with E-state index in [1.54, 1.807) is 74.4 Å². The number of benzene rings is 2. The maximum Gasteiger partial charge on any atom is 0.256 e. The number of fused-ring (bicyclic) bond motifs is 1. The fourth-order valence-corrected chi connectivity index (χ4v) is 12.5. The molecular formula is C55H74FN13O7S5. The SMILES string of the molecule is CN[C@@H](C)C(=O)N[C@H](C(=O)N1CCC[C@H]1c1nc(C(=O)c2ccc(F)cc2)cs1)C1CCN(C(=O)c2cnc(N3CCC(CCCOc4cc5ncnc(Nc6n[nH]c(C)c6C)c5cc4S(=O)(=O)C(C)(C)C)CC3)nc2)CC1.S.S.S. The zero-order chi connectivity index (χ0) is 55.5. The van der Waals surface area contributed by atoms with E-state index in [0.717, 1.165) is 56.5 Å². The van der Waals surface area contributed by atoms with Gasteiger partial charge in [0.15, 0.2) is 15.7 Å². The summed E-state index contributed by atoms with van der Waals surface area (Å²) in [4.78, 5) is 83.5. The molecule has 3 aliphatic rings. The normalized spacial score (nSPS) is 16.9. The van der Waals surface area contributed by atoms with Crippen LogP contribution in [0.15, 0.2) is 65.4 Å². The summed E-state index contributed by atoms with van der Waals surface area (Å²) in [5.74, 6) is 0.498. The van der Waals surface area contributed by atoms with Crippen molar-refractivity contribution < 1.29 is 36.7 Å². The molecule has 3 saturated heterocycles. The van der Waals surface area contributed by atoms with Gasteiger partial charge >= 0.3 is 0 Å². The predicted molar refractivity (Wildman–Crippen MR) is 325 cm³/mol. The molecular weight excluding hydrogens is 1130 g/mol. The Morgan fingerprint density at radius 2 is 1.58 bits per heavy atom. The molecule has 7 heterocycles. The van der Waals surface area contributed by atoms with Gasteiger partial charge in [-0.15, -0.1) is 11.3 Å². The highest BCUT2D eigenvalue weighted by atomic mass is 32.2. The Hall–Kier alpha value is -5.93. The lowest BCUT2D eigenvalue weighted by molar-refractivity contribution is -0.139.